The van der Waals surface area contributed by atoms with Crippen LogP contribution >= 0.6 is 0 Å². The lowest BCUT2D eigenvalue weighted by atomic mass is 10.2. The van der Waals surface area contributed by atoms with E-state index in [0.717, 1.165) is 12.8 Å². The predicted molar refractivity (Wildman–Crippen MR) is 72.8 cm³/mol. The monoisotopic (exact) mass is 270 g/mol. The summed E-state index contributed by atoms with van der Waals surface area (Å²) >= 11 is 0. The van der Waals surface area contributed by atoms with Gasteiger partial charge >= 0.3 is 0 Å². The zero-order valence-corrected chi connectivity index (χ0v) is 12.2. The topological polar surface area (TPSA) is 53.0 Å². The molecule has 5 nitrogen and oxygen atoms in total. The third-order valence-corrected chi connectivity index (χ3v) is 3.84. The molecule has 0 bridgehead atoms. The van der Waals surface area contributed by atoms with Crippen LogP contribution in [0.2, 0.25) is 0 Å². The van der Waals surface area contributed by atoms with Gasteiger partial charge in [0, 0.05) is 19.6 Å². The number of amides is 1. The second kappa shape index (κ2) is 6.20. The molecular formula is C14H26N2O3. The summed E-state index contributed by atoms with van der Waals surface area (Å²) in [6.45, 7) is 6.30. The fourth-order valence-corrected chi connectivity index (χ4v) is 2.73. The molecule has 5 heteroatoms. The Hall–Kier alpha value is -0.650. The van der Waals surface area contributed by atoms with E-state index in [1.807, 2.05) is 30.7 Å². The molecular weight excluding hydrogens is 244 g/mol. The van der Waals surface area contributed by atoms with E-state index in [4.69, 9.17) is 4.74 Å². The molecule has 0 spiro atoms. The number of rotatable bonds is 5. The summed E-state index contributed by atoms with van der Waals surface area (Å²) < 4.78 is 5.63. The van der Waals surface area contributed by atoms with Crippen LogP contribution < -0.4 is 0 Å². The molecule has 0 aromatic carbocycles. The second-order valence-electron chi connectivity index (χ2n) is 6.16. The quantitative estimate of drug-likeness (QED) is 0.782. The molecule has 2 fully saturated rings. The van der Waals surface area contributed by atoms with Crippen molar-refractivity contribution in [2.75, 3.05) is 33.2 Å². The Kier molecular flexibility index (Phi) is 4.81. The minimum absolute atomic E-state index is 0.107. The standard InChI is InChI=1S/C14H26N2O3/c1-10-6-16(7-11(2)19-10)14(18)9-15(3)8-13(17)12-4-5-12/h10-13,17H,4-9H2,1-3H3. The first-order valence-corrected chi connectivity index (χ1v) is 7.25. The molecule has 0 radical (unpaired) electrons. The van der Waals surface area contributed by atoms with Crippen LogP contribution in [0.5, 0.6) is 0 Å². The Morgan fingerprint density at radius 2 is 1.95 bits per heavy atom. The lowest BCUT2D eigenvalue weighted by molar-refractivity contribution is -0.144. The number of aliphatic hydroxyl groups excluding tert-OH is 1. The summed E-state index contributed by atoms with van der Waals surface area (Å²) in [6, 6.07) is 0. The number of hydrogen-bond donors (Lipinski definition) is 1. The third kappa shape index (κ3) is 4.44. The smallest absolute Gasteiger partial charge is 0.236 e. The number of carbonyl (C=O) groups is 1. The molecule has 1 amide bonds. The molecule has 2 rings (SSSR count). The number of nitrogens with zero attached hydrogens (tertiary/aromatic N) is 2. The van der Waals surface area contributed by atoms with Crippen LogP contribution in [0.1, 0.15) is 26.7 Å². The van der Waals surface area contributed by atoms with Crippen LogP contribution in [0.3, 0.4) is 0 Å². The lowest BCUT2D eigenvalue weighted by Crippen LogP contribution is -2.51. The Morgan fingerprint density at radius 1 is 1.37 bits per heavy atom. The summed E-state index contributed by atoms with van der Waals surface area (Å²) in [6.07, 6.45) is 2.19. The second-order valence-corrected chi connectivity index (χ2v) is 6.16. The lowest BCUT2D eigenvalue weighted by Gasteiger charge is -2.36. The third-order valence-electron chi connectivity index (χ3n) is 3.84. The van der Waals surface area contributed by atoms with E-state index in [-0.39, 0.29) is 24.2 Å². The zero-order valence-electron chi connectivity index (χ0n) is 12.2. The number of likely N-dealkylation sites (N-methyl/N-ethyl adjacent to an activating group) is 1. The SMILES string of the molecule is CC1CN(C(=O)CN(C)CC(O)C2CC2)CC(C)O1. The van der Waals surface area contributed by atoms with Gasteiger partial charge in [-0.3, -0.25) is 9.69 Å². The van der Waals surface area contributed by atoms with Gasteiger partial charge in [0.05, 0.1) is 24.9 Å². The molecule has 1 saturated carbocycles. The van der Waals surface area contributed by atoms with Crippen molar-refractivity contribution in [1.82, 2.24) is 9.80 Å². The fourth-order valence-electron chi connectivity index (χ4n) is 2.73. The number of ether oxygens (including phenoxy) is 1. The molecule has 3 unspecified atom stereocenters. The van der Waals surface area contributed by atoms with Crippen molar-refractivity contribution in [2.45, 2.75) is 45.0 Å². The van der Waals surface area contributed by atoms with Crippen LogP contribution in [-0.2, 0) is 9.53 Å². The van der Waals surface area contributed by atoms with Gasteiger partial charge in [-0.15, -0.1) is 0 Å². The van der Waals surface area contributed by atoms with E-state index in [9.17, 15) is 9.90 Å². The molecule has 0 aromatic rings. The number of morpholine rings is 1. The van der Waals surface area contributed by atoms with Crippen LogP contribution in [0.15, 0.2) is 0 Å². The van der Waals surface area contributed by atoms with E-state index >= 15 is 0 Å². The van der Waals surface area contributed by atoms with E-state index < -0.39 is 0 Å². The molecule has 110 valence electrons. The summed E-state index contributed by atoms with van der Waals surface area (Å²) in [5.74, 6) is 0.591. The number of hydrogen-bond acceptors (Lipinski definition) is 4. The molecule has 1 saturated heterocycles. The van der Waals surface area contributed by atoms with Crippen molar-refractivity contribution in [1.29, 1.82) is 0 Å². The van der Waals surface area contributed by atoms with E-state index in [2.05, 4.69) is 0 Å². The molecule has 1 aliphatic carbocycles. The van der Waals surface area contributed by atoms with Crippen molar-refractivity contribution in [2.24, 2.45) is 5.92 Å². The van der Waals surface area contributed by atoms with Gasteiger partial charge in [-0.05, 0) is 39.7 Å². The van der Waals surface area contributed by atoms with Gasteiger partial charge in [0.25, 0.3) is 0 Å². The minimum atomic E-state index is -0.277. The molecule has 19 heavy (non-hydrogen) atoms. The maximum atomic E-state index is 12.2. The molecule has 1 heterocycles. The summed E-state index contributed by atoms with van der Waals surface area (Å²) in [7, 11) is 1.90. The van der Waals surface area contributed by atoms with Crippen molar-refractivity contribution in [3.8, 4) is 0 Å². The van der Waals surface area contributed by atoms with Gasteiger partial charge in [0.1, 0.15) is 0 Å². The average Bonchev–Trinajstić information content (AvgIpc) is 3.10. The first-order chi connectivity index (χ1) is 8.95. The highest BCUT2D eigenvalue weighted by molar-refractivity contribution is 5.78. The van der Waals surface area contributed by atoms with E-state index in [0.29, 0.717) is 32.1 Å². The van der Waals surface area contributed by atoms with Gasteiger partial charge in [-0.25, -0.2) is 0 Å². The first kappa shape index (κ1) is 14.8. The highest BCUT2D eigenvalue weighted by atomic mass is 16.5. The Morgan fingerprint density at radius 3 is 2.47 bits per heavy atom. The highest BCUT2D eigenvalue weighted by Gasteiger charge is 2.31. The molecule has 2 aliphatic rings. The highest BCUT2D eigenvalue weighted by Crippen LogP contribution is 2.32. The largest absolute Gasteiger partial charge is 0.392 e. The Labute approximate surface area is 115 Å². The maximum absolute atomic E-state index is 12.2. The molecule has 1 N–H and O–H groups in total. The number of carbonyl (C=O) groups excluding carboxylic acids is 1. The molecule has 3 atom stereocenters. The van der Waals surface area contributed by atoms with Crippen molar-refractivity contribution < 1.29 is 14.6 Å². The van der Waals surface area contributed by atoms with Gasteiger partial charge in [0.15, 0.2) is 0 Å². The maximum Gasteiger partial charge on any atom is 0.236 e. The average molecular weight is 270 g/mol. The molecule has 1 aliphatic heterocycles. The van der Waals surface area contributed by atoms with Gasteiger partial charge in [-0.2, -0.15) is 0 Å². The fraction of sp³-hybridized carbons (Fsp3) is 0.929. The van der Waals surface area contributed by atoms with Gasteiger partial charge in [0.2, 0.25) is 5.91 Å². The van der Waals surface area contributed by atoms with Gasteiger partial charge in [-0.1, -0.05) is 0 Å². The summed E-state index contributed by atoms with van der Waals surface area (Å²) in [4.78, 5) is 16.0. The Balaban J connectivity index is 1.75. The van der Waals surface area contributed by atoms with Gasteiger partial charge < -0.3 is 14.7 Å². The van der Waals surface area contributed by atoms with E-state index in [1.54, 1.807) is 0 Å². The first-order valence-electron chi connectivity index (χ1n) is 7.25. The van der Waals surface area contributed by atoms with Crippen LogP contribution in [0.4, 0.5) is 0 Å². The van der Waals surface area contributed by atoms with Crippen molar-refractivity contribution >= 4 is 5.91 Å². The Bertz CT molecular complexity index is 310. The molecule has 0 aromatic heterocycles. The predicted octanol–water partition coefficient (Wildman–Crippen LogP) is 0.325. The van der Waals surface area contributed by atoms with Crippen LogP contribution in [-0.4, -0.2) is 72.4 Å². The minimum Gasteiger partial charge on any atom is -0.392 e. The summed E-state index contributed by atoms with van der Waals surface area (Å²) in [5.41, 5.74) is 0. The summed E-state index contributed by atoms with van der Waals surface area (Å²) in [5, 5.41) is 9.88. The van der Waals surface area contributed by atoms with Crippen molar-refractivity contribution in [3.05, 3.63) is 0 Å². The van der Waals surface area contributed by atoms with Crippen LogP contribution in [0.25, 0.3) is 0 Å². The van der Waals surface area contributed by atoms with E-state index in [1.165, 1.54) is 0 Å². The number of aliphatic hydroxyl groups is 1. The zero-order chi connectivity index (χ0) is 14.0. The van der Waals surface area contributed by atoms with Crippen molar-refractivity contribution in [3.63, 3.8) is 0 Å². The van der Waals surface area contributed by atoms with Crippen LogP contribution in [0, 0.1) is 5.92 Å². The normalized spacial score (nSPS) is 29.6.